The van der Waals surface area contributed by atoms with E-state index in [1.54, 1.807) is 12.1 Å². The molecule has 0 saturated heterocycles. The summed E-state index contributed by atoms with van der Waals surface area (Å²) < 4.78 is 13.1. The molecule has 2 N–H and O–H groups in total. The quantitative estimate of drug-likeness (QED) is 0.372. The molecule has 7 heteroatoms. The molecule has 34 heavy (non-hydrogen) atoms. The molecule has 6 nitrogen and oxygen atoms in total. The first-order valence-corrected chi connectivity index (χ1v) is 10.9. The Kier molecular flexibility index (Phi) is 6.82. The van der Waals surface area contributed by atoms with Crippen molar-refractivity contribution in [1.82, 2.24) is 9.97 Å². The molecule has 4 rings (SSSR count). The normalized spacial score (nSPS) is 11.1. The van der Waals surface area contributed by atoms with Gasteiger partial charge in [-0.25, -0.2) is 9.37 Å². The zero-order valence-corrected chi connectivity index (χ0v) is 19.3. The fourth-order valence-electron chi connectivity index (χ4n) is 3.46. The molecule has 0 aliphatic rings. The van der Waals surface area contributed by atoms with Crippen molar-refractivity contribution in [3.63, 3.8) is 0 Å². The Morgan fingerprint density at radius 1 is 1.00 bits per heavy atom. The number of fused-ring (bicyclic) bond motifs is 1. The molecular formula is C27H26FN5O. The summed E-state index contributed by atoms with van der Waals surface area (Å²) in [6.07, 6.45) is 4.04. The van der Waals surface area contributed by atoms with Gasteiger partial charge in [0.05, 0.1) is 5.52 Å². The van der Waals surface area contributed by atoms with Gasteiger partial charge >= 0.3 is 0 Å². The fourth-order valence-corrected chi connectivity index (χ4v) is 3.46. The second-order valence-corrected chi connectivity index (χ2v) is 8.05. The van der Waals surface area contributed by atoms with Gasteiger partial charge < -0.3 is 15.5 Å². The molecule has 0 bridgehead atoms. The van der Waals surface area contributed by atoms with Crippen LogP contribution in [0.1, 0.15) is 28.4 Å². The number of anilines is 3. The highest BCUT2D eigenvalue weighted by atomic mass is 19.1. The van der Waals surface area contributed by atoms with E-state index in [2.05, 4.69) is 21.7 Å². The molecule has 0 spiro atoms. The molecule has 172 valence electrons. The molecule has 0 unspecified atom stereocenters. The summed E-state index contributed by atoms with van der Waals surface area (Å²) in [5, 5.41) is 7.13. The van der Waals surface area contributed by atoms with E-state index in [1.165, 1.54) is 24.3 Å². The summed E-state index contributed by atoms with van der Waals surface area (Å²) in [5.74, 6) is 0.780. The highest BCUT2D eigenvalue weighted by molar-refractivity contribution is 6.04. The Morgan fingerprint density at radius 2 is 1.74 bits per heavy atom. The summed E-state index contributed by atoms with van der Waals surface area (Å²) in [6.45, 7) is 2.52. The SMILES string of the molecule is CC=Cc1ccc2nc(N(C)C)nc(NCc3ccc(C(=O)Nc4ccc(F)cc4)cc3)c2c1. The van der Waals surface area contributed by atoms with Crippen LogP contribution in [-0.4, -0.2) is 30.0 Å². The van der Waals surface area contributed by atoms with Gasteiger partial charge in [-0.2, -0.15) is 4.98 Å². The lowest BCUT2D eigenvalue weighted by atomic mass is 10.1. The number of nitrogens with zero attached hydrogens (tertiary/aromatic N) is 3. The van der Waals surface area contributed by atoms with E-state index in [0.29, 0.717) is 23.7 Å². The molecule has 0 saturated carbocycles. The molecule has 3 aromatic carbocycles. The monoisotopic (exact) mass is 455 g/mol. The number of hydrogen-bond acceptors (Lipinski definition) is 5. The van der Waals surface area contributed by atoms with Crippen LogP contribution >= 0.6 is 0 Å². The maximum atomic E-state index is 13.1. The topological polar surface area (TPSA) is 70.2 Å². The predicted octanol–water partition coefficient (Wildman–Crippen LogP) is 5.73. The summed E-state index contributed by atoms with van der Waals surface area (Å²) in [4.78, 5) is 23.7. The third kappa shape index (κ3) is 5.38. The number of carbonyl (C=O) groups is 1. The number of aromatic nitrogens is 2. The van der Waals surface area contributed by atoms with Gasteiger partial charge in [0.1, 0.15) is 11.6 Å². The minimum Gasteiger partial charge on any atom is -0.365 e. The van der Waals surface area contributed by atoms with E-state index in [-0.39, 0.29) is 11.7 Å². The zero-order valence-electron chi connectivity index (χ0n) is 19.3. The van der Waals surface area contributed by atoms with E-state index in [1.807, 2.05) is 62.3 Å². The molecule has 1 amide bonds. The lowest BCUT2D eigenvalue weighted by Gasteiger charge is -2.15. The Hall–Kier alpha value is -4.26. The lowest BCUT2D eigenvalue weighted by Crippen LogP contribution is -2.14. The molecule has 0 fully saturated rings. The van der Waals surface area contributed by atoms with Crippen molar-refractivity contribution in [1.29, 1.82) is 0 Å². The van der Waals surface area contributed by atoms with Gasteiger partial charge in [-0.05, 0) is 66.6 Å². The first-order chi connectivity index (χ1) is 16.4. The molecule has 0 radical (unpaired) electrons. The Labute approximate surface area is 198 Å². The van der Waals surface area contributed by atoms with Crippen LogP contribution < -0.4 is 15.5 Å². The van der Waals surface area contributed by atoms with Gasteiger partial charge in [-0.15, -0.1) is 0 Å². The van der Waals surface area contributed by atoms with Crippen LogP contribution in [0.4, 0.5) is 21.8 Å². The maximum Gasteiger partial charge on any atom is 0.255 e. The van der Waals surface area contributed by atoms with Crippen molar-refractivity contribution < 1.29 is 9.18 Å². The third-order valence-corrected chi connectivity index (χ3v) is 5.25. The number of benzene rings is 3. The summed E-state index contributed by atoms with van der Waals surface area (Å²) in [5.41, 5.74) is 4.01. The number of nitrogens with one attached hydrogen (secondary N) is 2. The maximum absolute atomic E-state index is 13.1. The van der Waals surface area contributed by atoms with Gasteiger partial charge in [0.15, 0.2) is 0 Å². The van der Waals surface area contributed by atoms with Crippen LogP contribution in [0, 0.1) is 5.82 Å². The molecule has 0 aliphatic heterocycles. The van der Waals surface area contributed by atoms with E-state index in [4.69, 9.17) is 4.98 Å². The minimum atomic E-state index is -0.345. The third-order valence-electron chi connectivity index (χ3n) is 5.25. The smallest absolute Gasteiger partial charge is 0.255 e. The Bertz CT molecular complexity index is 1330. The average Bonchev–Trinajstić information content (AvgIpc) is 2.84. The first kappa shape index (κ1) is 22.9. The standard InChI is InChI=1S/C27H26FN5O/c1-4-5-18-8-15-24-23(16-18)25(32-27(31-24)33(2)3)29-17-19-6-9-20(10-7-19)26(34)30-22-13-11-21(28)12-14-22/h4-16H,17H2,1-3H3,(H,30,34)(H,29,31,32). The van der Waals surface area contributed by atoms with Crippen molar-refractivity contribution >= 4 is 40.3 Å². The van der Waals surface area contributed by atoms with Gasteiger partial charge in [0.2, 0.25) is 5.95 Å². The molecular weight excluding hydrogens is 429 g/mol. The highest BCUT2D eigenvalue weighted by Gasteiger charge is 2.11. The van der Waals surface area contributed by atoms with Gasteiger partial charge in [0.25, 0.3) is 5.91 Å². The highest BCUT2D eigenvalue weighted by Crippen LogP contribution is 2.25. The minimum absolute atomic E-state index is 0.250. The van der Waals surface area contributed by atoms with Crippen molar-refractivity contribution in [2.24, 2.45) is 0 Å². The van der Waals surface area contributed by atoms with Crippen molar-refractivity contribution in [3.8, 4) is 0 Å². The number of hydrogen-bond donors (Lipinski definition) is 2. The van der Waals surface area contributed by atoms with E-state index in [0.717, 1.165) is 27.8 Å². The van der Waals surface area contributed by atoms with Gasteiger partial charge in [0, 0.05) is 37.3 Å². The number of amides is 1. The van der Waals surface area contributed by atoms with Crippen LogP contribution in [0.15, 0.2) is 72.8 Å². The molecule has 0 atom stereocenters. The van der Waals surface area contributed by atoms with Crippen LogP contribution in [-0.2, 0) is 6.54 Å². The van der Waals surface area contributed by atoms with Crippen molar-refractivity contribution in [2.45, 2.75) is 13.5 Å². The molecule has 0 aliphatic carbocycles. The zero-order chi connectivity index (χ0) is 24.1. The van der Waals surface area contributed by atoms with Crippen LogP contribution in [0.3, 0.4) is 0 Å². The molecule has 1 aromatic heterocycles. The number of carbonyl (C=O) groups excluding carboxylic acids is 1. The largest absolute Gasteiger partial charge is 0.365 e. The van der Waals surface area contributed by atoms with E-state index >= 15 is 0 Å². The Balaban J connectivity index is 1.51. The Morgan fingerprint density at radius 3 is 2.41 bits per heavy atom. The van der Waals surface area contributed by atoms with Gasteiger partial charge in [-0.3, -0.25) is 4.79 Å². The first-order valence-electron chi connectivity index (χ1n) is 10.9. The van der Waals surface area contributed by atoms with E-state index in [9.17, 15) is 9.18 Å². The van der Waals surface area contributed by atoms with Crippen molar-refractivity contribution in [2.75, 3.05) is 29.6 Å². The average molecular weight is 456 g/mol. The summed E-state index contributed by atoms with van der Waals surface area (Å²) in [7, 11) is 3.82. The molecule has 1 heterocycles. The second kappa shape index (κ2) is 10.1. The van der Waals surface area contributed by atoms with Crippen LogP contribution in [0.2, 0.25) is 0 Å². The molecule has 4 aromatic rings. The number of halogens is 1. The number of allylic oxidation sites excluding steroid dienone is 1. The predicted molar refractivity (Wildman–Crippen MR) is 137 cm³/mol. The summed E-state index contributed by atoms with van der Waals surface area (Å²) >= 11 is 0. The van der Waals surface area contributed by atoms with Crippen LogP contribution in [0.25, 0.3) is 17.0 Å². The van der Waals surface area contributed by atoms with Crippen molar-refractivity contribution in [3.05, 3.63) is 95.3 Å². The summed E-state index contributed by atoms with van der Waals surface area (Å²) in [6, 6.07) is 19.1. The second-order valence-electron chi connectivity index (χ2n) is 8.05. The van der Waals surface area contributed by atoms with Gasteiger partial charge in [-0.1, -0.05) is 30.4 Å². The number of rotatable bonds is 7. The van der Waals surface area contributed by atoms with Crippen LogP contribution in [0.5, 0.6) is 0 Å². The lowest BCUT2D eigenvalue weighted by molar-refractivity contribution is 0.102. The van der Waals surface area contributed by atoms with E-state index < -0.39 is 0 Å². The fraction of sp³-hybridized carbons (Fsp3) is 0.148.